The van der Waals surface area contributed by atoms with Crippen LogP contribution >= 0.6 is 22.7 Å². The molecule has 0 radical (unpaired) electrons. The first-order chi connectivity index (χ1) is 10.2. The van der Waals surface area contributed by atoms with Gasteiger partial charge in [0.15, 0.2) is 0 Å². The van der Waals surface area contributed by atoms with E-state index in [1.165, 1.54) is 54.3 Å². The first kappa shape index (κ1) is 15.6. The maximum Gasteiger partial charge on any atom is 0.0456 e. The molecule has 0 spiro atoms. The van der Waals surface area contributed by atoms with E-state index in [2.05, 4.69) is 44.2 Å². The van der Waals surface area contributed by atoms with Crippen LogP contribution in [-0.2, 0) is 6.42 Å². The van der Waals surface area contributed by atoms with Crippen molar-refractivity contribution in [3.8, 4) is 0 Å². The number of thiophene rings is 2. The predicted octanol–water partition coefficient (Wildman–Crippen LogP) is 7.24. The van der Waals surface area contributed by atoms with Crippen molar-refractivity contribution in [1.82, 2.24) is 0 Å². The van der Waals surface area contributed by atoms with Crippen molar-refractivity contribution in [3.05, 3.63) is 21.9 Å². The average Bonchev–Trinajstić information content (AvgIpc) is 3.05. The number of hydrogen-bond acceptors (Lipinski definition) is 2. The number of aryl methyl sites for hydroxylation is 1. The molecule has 2 aromatic rings. The van der Waals surface area contributed by atoms with Gasteiger partial charge in [0.25, 0.3) is 0 Å². The van der Waals surface area contributed by atoms with Crippen LogP contribution in [-0.4, -0.2) is 0 Å². The lowest BCUT2D eigenvalue weighted by atomic mass is 9.75. The Kier molecular flexibility index (Phi) is 5.06. The lowest BCUT2D eigenvalue weighted by molar-refractivity contribution is 0.246. The SMILES string of the molecule is CCCc1cc2sc(C(C)C3CCC(CC)CC3)cc2s1. The van der Waals surface area contributed by atoms with Crippen molar-refractivity contribution in [3.63, 3.8) is 0 Å². The van der Waals surface area contributed by atoms with Gasteiger partial charge in [0, 0.05) is 19.2 Å². The second kappa shape index (κ2) is 6.83. The van der Waals surface area contributed by atoms with Gasteiger partial charge in [-0.1, -0.05) is 46.5 Å². The van der Waals surface area contributed by atoms with Gasteiger partial charge in [0.05, 0.1) is 0 Å². The summed E-state index contributed by atoms with van der Waals surface area (Å²) in [5.74, 6) is 2.70. The molecule has 1 saturated carbocycles. The van der Waals surface area contributed by atoms with Crippen LogP contribution in [0, 0.1) is 11.8 Å². The monoisotopic (exact) mass is 320 g/mol. The highest BCUT2D eigenvalue weighted by Gasteiger charge is 2.26. The summed E-state index contributed by atoms with van der Waals surface area (Å²) in [4.78, 5) is 3.21. The minimum absolute atomic E-state index is 0.766. The Morgan fingerprint density at radius 1 is 1.05 bits per heavy atom. The summed E-state index contributed by atoms with van der Waals surface area (Å²) in [5, 5.41) is 0. The van der Waals surface area contributed by atoms with Crippen LogP contribution in [0.3, 0.4) is 0 Å². The predicted molar refractivity (Wildman–Crippen MR) is 97.9 cm³/mol. The Bertz CT molecular complexity index is 538. The molecule has 3 rings (SSSR count). The molecule has 0 aliphatic heterocycles. The maximum absolute atomic E-state index is 2.50. The van der Waals surface area contributed by atoms with Crippen molar-refractivity contribution in [1.29, 1.82) is 0 Å². The number of fused-ring (bicyclic) bond motifs is 1. The molecule has 0 aromatic carbocycles. The summed E-state index contributed by atoms with van der Waals surface area (Å²) in [7, 11) is 0. The van der Waals surface area contributed by atoms with Crippen molar-refractivity contribution < 1.29 is 0 Å². The number of hydrogen-bond donors (Lipinski definition) is 0. The van der Waals surface area contributed by atoms with E-state index in [1.807, 2.05) is 11.3 Å². The van der Waals surface area contributed by atoms with Gasteiger partial charge in [-0.2, -0.15) is 0 Å². The van der Waals surface area contributed by atoms with Crippen LogP contribution in [0.4, 0.5) is 0 Å². The molecule has 21 heavy (non-hydrogen) atoms. The van der Waals surface area contributed by atoms with Crippen LogP contribution < -0.4 is 0 Å². The van der Waals surface area contributed by atoms with Crippen molar-refractivity contribution in [2.75, 3.05) is 0 Å². The largest absolute Gasteiger partial charge is 0.139 e. The molecular weight excluding hydrogens is 292 g/mol. The Hall–Kier alpha value is -0.340. The molecule has 1 aliphatic rings. The Balaban J connectivity index is 1.69. The van der Waals surface area contributed by atoms with Gasteiger partial charge in [-0.15, -0.1) is 22.7 Å². The van der Waals surface area contributed by atoms with E-state index in [1.54, 1.807) is 9.75 Å². The lowest BCUT2D eigenvalue weighted by Gasteiger charge is -2.31. The molecule has 0 saturated heterocycles. The van der Waals surface area contributed by atoms with Crippen LogP contribution in [0.2, 0.25) is 0 Å². The van der Waals surface area contributed by atoms with E-state index in [-0.39, 0.29) is 0 Å². The molecule has 116 valence electrons. The highest BCUT2D eigenvalue weighted by atomic mass is 32.1. The summed E-state index contributed by atoms with van der Waals surface area (Å²) >= 11 is 4.08. The van der Waals surface area contributed by atoms with Crippen LogP contribution in [0.15, 0.2) is 12.1 Å². The quantitative estimate of drug-likeness (QED) is 0.545. The Morgan fingerprint density at radius 3 is 2.38 bits per heavy atom. The van der Waals surface area contributed by atoms with Gasteiger partial charge in [-0.25, -0.2) is 0 Å². The molecule has 2 heteroatoms. The zero-order chi connectivity index (χ0) is 14.8. The Labute approximate surface area is 137 Å². The van der Waals surface area contributed by atoms with Gasteiger partial charge >= 0.3 is 0 Å². The third-order valence-electron chi connectivity index (χ3n) is 5.40. The minimum atomic E-state index is 0.766. The summed E-state index contributed by atoms with van der Waals surface area (Å²) in [6, 6.07) is 4.94. The fraction of sp³-hybridized carbons (Fsp3) is 0.684. The smallest absolute Gasteiger partial charge is 0.0456 e. The van der Waals surface area contributed by atoms with E-state index in [0.717, 1.165) is 17.8 Å². The second-order valence-electron chi connectivity index (χ2n) is 6.82. The first-order valence-electron chi connectivity index (χ1n) is 8.73. The van der Waals surface area contributed by atoms with Gasteiger partial charge in [0.2, 0.25) is 0 Å². The van der Waals surface area contributed by atoms with Crippen molar-refractivity contribution in [2.45, 2.75) is 71.6 Å². The summed E-state index contributed by atoms with van der Waals surface area (Å²) in [6.07, 6.45) is 9.72. The molecule has 1 atom stereocenters. The van der Waals surface area contributed by atoms with Crippen LogP contribution in [0.5, 0.6) is 0 Å². The normalized spacial score (nSPS) is 24.5. The highest BCUT2D eigenvalue weighted by molar-refractivity contribution is 7.27. The lowest BCUT2D eigenvalue weighted by Crippen LogP contribution is -2.18. The number of rotatable bonds is 5. The van der Waals surface area contributed by atoms with Gasteiger partial charge < -0.3 is 0 Å². The first-order valence-corrected chi connectivity index (χ1v) is 10.4. The molecule has 0 bridgehead atoms. The zero-order valence-corrected chi connectivity index (χ0v) is 15.3. The summed E-state index contributed by atoms with van der Waals surface area (Å²) < 4.78 is 3.07. The molecule has 0 amide bonds. The zero-order valence-electron chi connectivity index (χ0n) is 13.7. The Morgan fingerprint density at radius 2 is 1.76 bits per heavy atom. The average molecular weight is 321 g/mol. The molecule has 1 fully saturated rings. The van der Waals surface area contributed by atoms with E-state index >= 15 is 0 Å². The molecule has 0 nitrogen and oxygen atoms in total. The standard InChI is InChI=1S/C19H28S2/c1-4-6-16-11-18-19(20-16)12-17(21-18)13(3)15-9-7-14(5-2)8-10-15/h11-15H,4-10H2,1-3H3. The molecule has 1 unspecified atom stereocenters. The van der Waals surface area contributed by atoms with Gasteiger partial charge in [-0.3, -0.25) is 0 Å². The molecule has 0 N–H and O–H groups in total. The highest BCUT2D eigenvalue weighted by Crippen LogP contribution is 2.43. The van der Waals surface area contributed by atoms with E-state index < -0.39 is 0 Å². The van der Waals surface area contributed by atoms with E-state index in [0.29, 0.717) is 0 Å². The van der Waals surface area contributed by atoms with E-state index in [4.69, 9.17) is 0 Å². The topological polar surface area (TPSA) is 0 Å². The maximum atomic E-state index is 2.50. The van der Waals surface area contributed by atoms with Gasteiger partial charge in [-0.05, 0) is 49.1 Å². The molecule has 2 heterocycles. The summed E-state index contributed by atoms with van der Waals surface area (Å²) in [6.45, 7) is 7.10. The minimum Gasteiger partial charge on any atom is -0.139 e. The fourth-order valence-corrected chi connectivity index (χ4v) is 6.51. The molecule has 1 aliphatic carbocycles. The van der Waals surface area contributed by atoms with Crippen molar-refractivity contribution >= 4 is 32.1 Å². The van der Waals surface area contributed by atoms with Crippen LogP contribution in [0.25, 0.3) is 9.40 Å². The molecular formula is C19H28S2. The second-order valence-corrected chi connectivity index (χ2v) is 9.10. The van der Waals surface area contributed by atoms with Crippen molar-refractivity contribution in [2.24, 2.45) is 11.8 Å². The molecule has 2 aromatic heterocycles. The summed E-state index contributed by atoms with van der Waals surface area (Å²) in [5.41, 5.74) is 0. The van der Waals surface area contributed by atoms with Crippen LogP contribution in [0.1, 0.15) is 75.0 Å². The van der Waals surface area contributed by atoms with Gasteiger partial charge in [0.1, 0.15) is 0 Å². The third-order valence-corrected chi connectivity index (χ3v) is 7.95. The fourth-order valence-electron chi connectivity index (χ4n) is 3.83. The van der Waals surface area contributed by atoms with E-state index in [9.17, 15) is 0 Å². The third kappa shape index (κ3) is 3.37.